The molecule has 1 aromatic heterocycles. The van der Waals surface area contributed by atoms with Gasteiger partial charge in [-0.1, -0.05) is 29.8 Å². The summed E-state index contributed by atoms with van der Waals surface area (Å²) in [5.41, 5.74) is 10.2. The average molecular weight is 283 g/mol. The average Bonchev–Trinajstić information content (AvgIpc) is 2.53. The van der Waals surface area contributed by atoms with Gasteiger partial charge in [0.15, 0.2) is 0 Å². The second-order valence-electron chi connectivity index (χ2n) is 5.76. The third kappa shape index (κ3) is 4.38. The van der Waals surface area contributed by atoms with Crippen LogP contribution in [0.15, 0.2) is 48.8 Å². The number of benzene rings is 1. The van der Waals surface area contributed by atoms with Crippen LogP contribution >= 0.6 is 0 Å². The Morgan fingerprint density at radius 2 is 1.71 bits per heavy atom. The molecule has 0 fully saturated rings. The highest BCUT2D eigenvalue weighted by Gasteiger charge is 2.18. The van der Waals surface area contributed by atoms with Gasteiger partial charge in [0.05, 0.1) is 0 Å². The van der Waals surface area contributed by atoms with Gasteiger partial charge in [0, 0.05) is 31.0 Å². The molecule has 1 heterocycles. The first-order valence-corrected chi connectivity index (χ1v) is 7.49. The lowest BCUT2D eigenvalue weighted by Crippen LogP contribution is -2.39. The van der Waals surface area contributed by atoms with Gasteiger partial charge in [0.25, 0.3) is 0 Å². The Labute approximate surface area is 127 Å². The van der Waals surface area contributed by atoms with E-state index in [1.54, 1.807) is 0 Å². The topological polar surface area (TPSA) is 42.1 Å². The number of nitrogens with two attached hydrogens (primary N) is 1. The van der Waals surface area contributed by atoms with Crippen LogP contribution in [-0.2, 0) is 6.42 Å². The lowest BCUT2D eigenvalue weighted by atomic mass is 9.99. The van der Waals surface area contributed by atoms with Gasteiger partial charge < -0.3 is 10.6 Å². The third-order valence-electron chi connectivity index (χ3n) is 4.18. The van der Waals surface area contributed by atoms with Crippen molar-refractivity contribution in [3.8, 4) is 0 Å². The normalized spacial score (nSPS) is 14.1. The monoisotopic (exact) mass is 283 g/mol. The summed E-state index contributed by atoms with van der Waals surface area (Å²) in [5.74, 6) is 0. The predicted molar refractivity (Wildman–Crippen MR) is 88.1 cm³/mol. The molecule has 2 N–H and O–H groups in total. The second-order valence-corrected chi connectivity index (χ2v) is 5.76. The molecule has 3 heteroatoms. The molecule has 0 bridgehead atoms. The van der Waals surface area contributed by atoms with Crippen molar-refractivity contribution in [3.05, 3.63) is 65.5 Å². The maximum atomic E-state index is 6.41. The highest BCUT2D eigenvalue weighted by Crippen LogP contribution is 2.18. The molecule has 0 amide bonds. The smallest absolute Gasteiger partial charge is 0.0450 e. The van der Waals surface area contributed by atoms with E-state index in [0.717, 1.165) is 13.0 Å². The van der Waals surface area contributed by atoms with E-state index in [2.05, 4.69) is 67.2 Å². The first-order valence-electron chi connectivity index (χ1n) is 7.49. The summed E-state index contributed by atoms with van der Waals surface area (Å²) >= 11 is 0. The second kappa shape index (κ2) is 7.34. The number of hydrogen-bond acceptors (Lipinski definition) is 3. The molecule has 3 nitrogen and oxygen atoms in total. The molecular weight excluding hydrogens is 258 g/mol. The maximum absolute atomic E-state index is 6.41. The summed E-state index contributed by atoms with van der Waals surface area (Å²) < 4.78 is 0. The van der Waals surface area contributed by atoms with Crippen molar-refractivity contribution in [2.24, 2.45) is 5.73 Å². The van der Waals surface area contributed by atoms with Crippen LogP contribution in [0.5, 0.6) is 0 Å². The molecule has 0 spiro atoms. The van der Waals surface area contributed by atoms with Gasteiger partial charge in [0.1, 0.15) is 0 Å². The minimum atomic E-state index is 0.0352. The van der Waals surface area contributed by atoms with Crippen LogP contribution in [0.25, 0.3) is 0 Å². The SMILES string of the molecule is Cc1ccc(C(N)C(C)N(C)CCc2ccncc2)cc1. The zero-order valence-electron chi connectivity index (χ0n) is 13.2. The molecule has 2 aromatic rings. The van der Waals surface area contributed by atoms with Crippen LogP contribution in [0, 0.1) is 6.92 Å². The van der Waals surface area contributed by atoms with Gasteiger partial charge >= 0.3 is 0 Å². The van der Waals surface area contributed by atoms with Crippen molar-refractivity contribution in [2.75, 3.05) is 13.6 Å². The number of nitrogens with zero attached hydrogens (tertiary/aromatic N) is 2. The van der Waals surface area contributed by atoms with E-state index in [0.29, 0.717) is 6.04 Å². The van der Waals surface area contributed by atoms with Crippen LogP contribution in [0.2, 0.25) is 0 Å². The zero-order valence-corrected chi connectivity index (χ0v) is 13.2. The van der Waals surface area contributed by atoms with E-state index in [1.165, 1.54) is 16.7 Å². The number of rotatable bonds is 6. The molecule has 21 heavy (non-hydrogen) atoms. The number of pyridine rings is 1. The summed E-state index contributed by atoms with van der Waals surface area (Å²) in [7, 11) is 2.14. The molecule has 2 atom stereocenters. The fourth-order valence-electron chi connectivity index (χ4n) is 2.40. The van der Waals surface area contributed by atoms with Crippen molar-refractivity contribution in [2.45, 2.75) is 32.4 Å². The van der Waals surface area contributed by atoms with Crippen molar-refractivity contribution < 1.29 is 0 Å². The van der Waals surface area contributed by atoms with Gasteiger partial charge in [-0.15, -0.1) is 0 Å². The summed E-state index contributed by atoms with van der Waals surface area (Å²) in [6, 6.07) is 13.0. The van der Waals surface area contributed by atoms with Gasteiger partial charge in [-0.05, 0) is 50.6 Å². The fourth-order valence-corrected chi connectivity index (χ4v) is 2.40. The Hall–Kier alpha value is -1.71. The lowest BCUT2D eigenvalue weighted by Gasteiger charge is -2.30. The summed E-state index contributed by atoms with van der Waals surface area (Å²) in [5, 5.41) is 0. The quantitative estimate of drug-likeness (QED) is 0.886. The molecule has 2 unspecified atom stereocenters. The van der Waals surface area contributed by atoms with Gasteiger partial charge in [-0.3, -0.25) is 4.98 Å². The highest BCUT2D eigenvalue weighted by atomic mass is 15.1. The minimum Gasteiger partial charge on any atom is -0.323 e. The summed E-state index contributed by atoms with van der Waals surface area (Å²) in [6.45, 7) is 5.28. The predicted octanol–water partition coefficient (Wildman–Crippen LogP) is 2.95. The summed E-state index contributed by atoms with van der Waals surface area (Å²) in [4.78, 5) is 6.37. The molecule has 2 rings (SSSR count). The molecule has 0 saturated carbocycles. The highest BCUT2D eigenvalue weighted by molar-refractivity contribution is 5.24. The van der Waals surface area contributed by atoms with Crippen LogP contribution in [-0.4, -0.2) is 29.5 Å². The van der Waals surface area contributed by atoms with E-state index >= 15 is 0 Å². The number of aromatic nitrogens is 1. The van der Waals surface area contributed by atoms with Gasteiger partial charge in [0.2, 0.25) is 0 Å². The van der Waals surface area contributed by atoms with E-state index < -0.39 is 0 Å². The van der Waals surface area contributed by atoms with Gasteiger partial charge in [-0.25, -0.2) is 0 Å². The van der Waals surface area contributed by atoms with E-state index in [9.17, 15) is 0 Å². The zero-order chi connectivity index (χ0) is 15.2. The molecule has 0 aliphatic rings. The molecule has 0 aliphatic carbocycles. The van der Waals surface area contributed by atoms with Crippen LogP contribution in [0.3, 0.4) is 0 Å². The molecule has 0 aliphatic heterocycles. The van der Waals surface area contributed by atoms with Crippen LogP contribution < -0.4 is 5.73 Å². The van der Waals surface area contributed by atoms with Gasteiger partial charge in [-0.2, -0.15) is 0 Å². The third-order valence-corrected chi connectivity index (χ3v) is 4.18. The molecular formula is C18H25N3. The maximum Gasteiger partial charge on any atom is 0.0450 e. The fraction of sp³-hybridized carbons (Fsp3) is 0.389. The van der Waals surface area contributed by atoms with Crippen molar-refractivity contribution in [1.29, 1.82) is 0 Å². The largest absolute Gasteiger partial charge is 0.323 e. The van der Waals surface area contributed by atoms with Crippen LogP contribution in [0.4, 0.5) is 0 Å². The lowest BCUT2D eigenvalue weighted by molar-refractivity contribution is 0.229. The molecule has 112 valence electrons. The number of hydrogen-bond donors (Lipinski definition) is 1. The van der Waals surface area contributed by atoms with Crippen molar-refractivity contribution >= 4 is 0 Å². The Bertz CT molecular complexity index is 536. The van der Waals surface area contributed by atoms with E-state index in [4.69, 9.17) is 5.73 Å². The van der Waals surface area contributed by atoms with Crippen LogP contribution in [0.1, 0.15) is 29.7 Å². The van der Waals surface area contributed by atoms with Crippen molar-refractivity contribution in [3.63, 3.8) is 0 Å². The first kappa shape index (κ1) is 15.7. The van der Waals surface area contributed by atoms with Crippen molar-refractivity contribution in [1.82, 2.24) is 9.88 Å². The summed E-state index contributed by atoms with van der Waals surface area (Å²) in [6.07, 6.45) is 4.71. The standard InChI is InChI=1S/C18H25N3/c1-14-4-6-17(7-5-14)18(19)15(2)21(3)13-10-16-8-11-20-12-9-16/h4-9,11-12,15,18H,10,13,19H2,1-3H3. The molecule has 0 saturated heterocycles. The Morgan fingerprint density at radius 3 is 2.33 bits per heavy atom. The number of likely N-dealkylation sites (N-methyl/N-ethyl adjacent to an activating group) is 1. The Morgan fingerprint density at radius 1 is 1.10 bits per heavy atom. The van der Waals surface area contributed by atoms with E-state index in [-0.39, 0.29) is 6.04 Å². The minimum absolute atomic E-state index is 0.0352. The number of aryl methyl sites for hydroxylation is 1. The molecule has 0 radical (unpaired) electrons. The Kier molecular flexibility index (Phi) is 5.48. The van der Waals surface area contributed by atoms with E-state index in [1.807, 2.05) is 12.4 Å². The Balaban J connectivity index is 1.92. The molecule has 1 aromatic carbocycles. The first-order chi connectivity index (χ1) is 10.1.